The molecule has 3 heteroatoms. The van der Waals surface area contributed by atoms with E-state index in [1.165, 1.54) is 18.4 Å². The molecule has 2 aliphatic rings. The summed E-state index contributed by atoms with van der Waals surface area (Å²) in [6.45, 7) is 0. The number of rotatable bonds is 4. The zero-order chi connectivity index (χ0) is 16.3. The SMILES string of the molecule is C#C[C@]1(c2ccc(OC)c(OC3CCCC3)c2)CC[C@@H](N)CC1. The Labute approximate surface area is 139 Å². The lowest BCUT2D eigenvalue weighted by Crippen LogP contribution is -2.36. The zero-order valence-electron chi connectivity index (χ0n) is 14.0. The maximum Gasteiger partial charge on any atom is 0.161 e. The van der Waals surface area contributed by atoms with Crippen LogP contribution in [0.3, 0.4) is 0 Å². The van der Waals surface area contributed by atoms with Gasteiger partial charge in [-0.05, 0) is 69.1 Å². The summed E-state index contributed by atoms with van der Waals surface area (Å²) >= 11 is 0. The molecular formula is C20H27NO2. The predicted molar refractivity (Wildman–Crippen MR) is 92.8 cm³/mol. The molecular weight excluding hydrogens is 286 g/mol. The fourth-order valence-corrected chi connectivity index (χ4v) is 3.90. The van der Waals surface area contributed by atoms with Gasteiger partial charge in [0, 0.05) is 6.04 Å². The number of hydrogen-bond donors (Lipinski definition) is 1. The summed E-state index contributed by atoms with van der Waals surface area (Å²) in [7, 11) is 1.69. The van der Waals surface area contributed by atoms with E-state index in [9.17, 15) is 0 Å². The highest BCUT2D eigenvalue weighted by Gasteiger charge is 2.35. The largest absolute Gasteiger partial charge is 0.493 e. The van der Waals surface area contributed by atoms with Gasteiger partial charge in [0.1, 0.15) is 0 Å². The molecule has 2 fully saturated rings. The Balaban J connectivity index is 1.88. The Morgan fingerprint density at radius 3 is 2.43 bits per heavy atom. The number of terminal acetylenes is 1. The first-order valence-electron chi connectivity index (χ1n) is 8.75. The van der Waals surface area contributed by atoms with E-state index in [1.807, 2.05) is 6.07 Å². The molecule has 0 unspecified atom stereocenters. The molecule has 0 spiro atoms. The minimum atomic E-state index is -0.212. The van der Waals surface area contributed by atoms with Crippen molar-refractivity contribution in [3.05, 3.63) is 23.8 Å². The summed E-state index contributed by atoms with van der Waals surface area (Å²) in [4.78, 5) is 0. The van der Waals surface area contributed by atoms with Crippen LogP contribution in [-0.2, 0) is 5.41 Å². The molecule has 3 nitrogen and oxygen atoms in total. The van der Waals surface area contributed by atoms with Crippen LogP contribution < -0.4 is 15.2 Å². The van der Waals surface area contributed by atoms with Gasteiger partial charge in [-0.1, -0.05) is 12.0 Å². The topological polar surface area (TPSA) is 44.5 Å². The molecule has 0 aliphatic heterocycles. The minimum absolute atomic E-state index is 0.212. The first kappa shape index (κ1) is 16.2. The molecule has 2 aliphatic carbocycles. The summed E-state index contributed by atoms with van der Waals surface area (Å²) in [5.74, 6) is 4.69. The lowest BCUT2D eigenvalue weighted by Gasteiger charge is -2.36. The minimum Gasteiger partial charge on any atom is -0.493 e. The van der Waals surface area contributed by atoms with E-state index in [0.29, 0.717) is 6.10 Å². The van der Waals surface area contributed by atoms with Crippen LogP contribution in [0.15, 0.2) is 18.2 Å². The van der Waals surface area contributed by atoms with Crippen molar-refractivity contribution in [2.24, 2.45) is 5.73 Å². The third-order valence-corrected chi connectivity index (χ3v) is 5.47. The van der Waals surface area contributed by atoms with E-state index in [0.717, 1.165) is 50.0 Å². The third-order valence-electron chi connectivity index (χ3n) is 5.47. The molecule has 0 bridgehead atoms. The quantitative estimate of drug-likeness (QED) is 0.860. The summed E-state index contributed by atoms with van der Waals surface area (Å²) in [6.07, 6.45) is 14.8. The predicted octanol–water partition coefficient (Wildman–Crippen LogP) is 3.79. The van der Waals surface area contributed by atoms with E-state index < -0.39 is 0 Å². The van der Waals surface area contributed by atoms with Crippen molar-refractivity contribution in [3.63, 3.8) is 0 Å². The molecule has 0 heterocycles. The number of ether oxygens (including phenoxy) is 2. The van der Waals surface area contributed by atoms with Crippen molar-refractivity contribution >= 4 is 0 Å². The summed E-state index contributed by atoms with van der Waals surface area (Å²) < 4.78 is 11.7. The highest BCUT2D eigenvalue weighted by Crippen LogP contribution is 2.42. The lowest BCUT2D eigenvalue weighted by molar-refractivity contribution is 0.200. The van der Waals surface area contributed by atoms with Crippen LogP contribution in [0.25, 0.3) is 0 Å². The van der Waals surface area contributed by atoms with E-state index in [1.54, 1.807) is 7.11 Å². The van der Waals surface area contributed by atoms with Gasteiger partial charge in [-0.15, -0.1) is 6.42 Å². The molecule has 2 N–H and O–H groups in total. The molecule has 23 heavy (non-hydrogen) atoms. The Kier molecular flexibility index (Phi) is 4.82. The number of benzene rings is 1. The van der Waals surface area contributed by atoms with Crippen LogP contribution in [0.1, 0.15) is 56.9 Å². The maximum absolute atomic E-state index is 6.22. The Morgan fingerprint density at radius 1 is 1.13 bits per heavy atom. The van der Waals surface area contributed by atoms with Crippen molar-refractivity contribution in [1.29, 1.82) is 0 Å². The molecule has 2 saturated carbocycles. The maximum atomic E-state index is 6.22. The molecule has 0 radical (unpaired) electrons. The number of nitrogens with two attached hydrogens (primary N) is 1. The van der Waals surface area contributed by atoms with Crippen LogP contribution in [0, 0.1) is 12.3 Å². The van der Waals surface area contributed by atoms with E-state index in [-0.39, 0.29) is 11.5 Å². The summed E-state index contributed by atoms with van der Waals surface area (Å²) in [6, 6.07) is 6.47. The van der Waals surface area contributed by atoms with Gasteiger partial charge in [0.25, 0.3) is 0 Å². The molecule has 1 aromatic rings. The Morgan fingerprint density at radius 2 is 1.83 bits per heavy atom. The van der Waals surface area contributed by atoms with Crippen molar-refractivity contribution < 1.29 is 9.47 Å². The van der Waals surface area contributed by atoms with E-state index >= 15 is 0 Å². The van der Waals surface area contributed by atoms with Gasteiger partial charge in [0.05, 0.1) is 18.6 Å². The second-order valence-corrected chi connectivity index (χ2v) is 6.95. The normalized spacial score (nSPS) is 28.3. The van der Waals surface area contributed by atoms with Crippen molar-refractivity contribution in [2.45, 2.75) is 68.9 Å². The molecule has 0 atom stereocenters. The highest BCUT2D eigenvalue weighted by atomic mass is 16.5. The Hall–Kier alpha value is -1.66. The van der Waals surface area contributed by atoms with Crippen LogP contribution in [0.2, 0.25) is 0 Å². The molecule has 0 amide bonds. The van der Waals surface area contributed by atoms with Gasteiger partial charge >= 0.3 is 0 Å². The number of hydrogen-bond acceptors (Lipinski definition) is 3. The zero-order valence-corrected chi connectivity index (χ0v) is 14.0. The van der Waals surface area contributed by atoms with Gasteiger partial charge < -0.3 is 15.2 Å². The van der Waals surface area contributed by atoms with Gasteiger partial charge in [-0.3, -0.25) is 0 Å². The fraction of sp³-hybridized carbons (Fsp3) is 0.600. The first-order valence-corrected chi connectivity index (χ1v) is 8.75. The Bertz CT molecular complexity index is 576. The van der Waals surface area contributed by atoms with E-state index in [4.69, 9.17) is 21.6 Å². The summed E-state index contributed by atoms with van der Waals surface area (Å²) in [5.41, 5.74) is 7.01. The molecule has 0 saturated heterocycles. The summed E-state index contributed by atoms with van der Waals surface area (Å²) in [5, 5.41) is 0. The van der Waals surface area contributed by atoms with Crippen LogP contribution >= 0.6 is 0 Å². The smallest absolute Gasteiger partial charge is 0.161 e. The van der Waals surface area contributed by atoms with E-state index in [2.05, 4.69) is 18.1 Å². The average Bonchev–Trinajstić information content (AvgIpc) is 3.09. The van der Waals surface area contributed by atoms with Crippen LogP contribution in [-0.4, -0.2) is 19.3 Å². The third kappa shape index (κ3) is 3.33. The van der Waals surface area contributed by atoms with Gasteiger partial charge in [0.15, 0.2) is 11.5 Å². The molecule has 1 aromatic carbocycles. The van der Waals surface area contributed by atoms with Gasteiger partial charge in [-0.25, -0.2) is 0 Å². The lowest BCUT2D eigenvalue weighted by atomic mass is 9.69. The second-order valence-electron chi connectivity index (χ2n) is 6.95. The van der Waals surface area contributed by atoms with Gasteiger partial charge in [-0.2, -0.15) is 0 Å². The monoisotopic (exact) mass is 313 g/mol. The highest BCUT2D eigenvalue weighted by molar-refractivity contribution is 5.48. The van der Waals surface area contributed by atoms with Crippen LogP contribution in [0.5, 0.6) is 11.5 Å². The second kappa shape index (κ2) is 6.84. The standard InChI is InChI=1S/C20H27NO2/c1-3-20(12-10-16(21)11-13-20)15-8-9-18(22-2)19(14-15)23-17-6-4-5-7-17/h1,8-9,14,16-17H,4-7,10-13,21H2,2H3/t16-,20+. The molecule has 3 rings (SSSR count). The van der Waals surface area contributed by atoms with Crippen molar-refractivity contribution in [1.82, 2.24) is 0 Å². The average molecular weight is 313 g/mol. The molecule has 0 aromatic heterocycles. The van der Waals surface area contributed by atoms with Crippen molar-refractivity contribution in [3.8, 4) is 23.8 Å². The molecule has 124 valence electrons. The van der Waals surface area contributed by atoms with Crippen LogP contribution in [0.4, 0.5) is 0 Å². The first-order chi connectivity index (χ1) is 11.2. The van der Waals surface area contributed by atoms with Crippen molar-refractivity contribution in [2.75, 3.05) is 7.11 Å². The van der Waals surface area contributed by atoms with Gasteiger partial charge in [0.2, 0.25) is 0 Å². The fourth-order valence-electron chi connectivity index (χ4n) is 3.90. The number of methoxy groups -OCH3 is 1.